The van der Waals surface area contributed by atoms with E-state index in [0.717, 1.165) is 18.7 Å². The summed E-state index contributed by atoms with van der Waals surface area (Å²) >= 11 is 0. The van der Waals surface area contributed by atoms with Crippen molar-refractivity contribution >= 4 is 5.78 Å². The van der Waals surface area contributed by atoms with E-state index >= 15 is 0 Å². The minimum atomic E-state index is 0.286. The van der Waals surface area contributed by atoms with Crippen LogP contribution in [0.25, 0.3) is 0 Å². The van der Waals surface area contributed by atoms with Crippen molar-refractivity contribution in [3.8, 4) is 0 Å². The fourth-order valence-corrected chi connectivity index (χ4v) is 2.34. The van der Waals surface area contributed by atoms with Crippen molar-refractivity contribution in [3.05, 3.63) is 35.4 Å². The number of rotatable bonds is 6. The number of Topliss-reactive ketones (excluding diaryl/α,β-unsaturated/α-hetero) is 1. The lowest BCUT2D eigenvalue weighted by Crippen LogP contribution is -2.19. The molecule has 2 nitrogen and oxygen atoms in total. The molecule has 1 aromatic carbocycles. The molecule has 2 rings (SSSR count). The Kier molecular flexibility index (Phi) is 4.32. The Balaban J connectivity index is 2.05. The molecule has 0 amide bonds. The first kappa shape index (κ1) is 12.3. The second-order valence-corrected chi connectivity index (χ2v) is 4.74. The molecule has 0 saturated heterocycles. The summed E-state index contributed by atoms with van der Waals surface area (Å²) in [7, 11) is 0. The molecule has 1 aliphatic rings. The minimum absolute atomic E-state index is 0.286. The van der Waals surface area contributed by atoms with E-state index < -0.39 is 0 Å². The number of hydrogen-bond donors (Lipinski definition) is 1. The van der Waals surface area contributed by atoms with E-state index in [2.05, 4.69) is 24.4 Å². The normalized spacial score (nSPS) is 15.6. The van der Waals surface area contributed by atoms with Gasteiger partial charge in [-0.3, -0.25) is 4.79 Å². The van der Waals surface area contributed by atoms with E-state index in [4.69, 9.17) is 0 Å². The van der Waals surface area contributed by atoms with Crippen molar-refractivity contribution < 1.29 is 4.79 Å². The molecule has 0 radical (unpaired) electrons. The molecule has 0 bridgehead atoms. The van der Waals surface area contributed by atoms with Gasteiger partial charge in [-0.05, 0) is 30.9 Å². The van der Waals surface area contributed by atoms with Gasteiger partial charge in [0.2, 0.25) is 0 Å². The highest BCUT2D eigenvalue weighted by Crippen LogP contribution is 2.38. The molecule has 92 valence electrons. The van der Waals surface area contributed by atoms with Crippen LogP contribution in [0.3, 0.4) is 0 Å². The standard InChI is InChI=1S/C15H21NO/c1-2-16-11-10-15(17)14-9-4-3-8-13(14)12-6-5-7-12/h3-4,8-9,12,16H,2,5-7,10-11H2,1H3. The maximum atomic E-state index is 12.1. The van der Waals surface area contributed by atoms with Gasteiger partial charge in [-0.1, -0.05) is 37.6 Å². The SMILES string of the molecule is CCNCCC(=O)c1ccccc1C1CCC1. The van der Waals surface area contributed by atoms with Gasteiger partial charge < -0.3 is 5.32 Å². The van der Waals surface area contributed by atoms with Gasteiger partial charge >= 0.3 is 0 Å². The Labute approximate surface area is 103 Å². The zero-order valence-corrected chi connectivity index (χ0v) is 10.5. The summed E-state index contributed by atoms with van der Waals surface area (Å²) in [5.41, 5.74) is 2.23. The molecule has 0 heterocycles. The zero-order valence-electron chi connectivity index (χ0n) is 10.5. The molecule has 1 N–H and O–H groups in total. The number of nitrogens with one attached hydrogen (secondary N) is 1. The molecule has 0 spiro atoms. The van der Waals surface area contributed by atoms with E-state index in [1.807, 2.05) is 12.1 Å². The molecular weight excluding hydrogens is 210 g/mol. The molecule has 17 heavy (non-hydrogen) atoms. The molecule has 1 aromatic rings. The Hall–Kier alpha value is -1.15. The Morgan fingerprint density at radius 3 is 2.76 bits per heavy atom. The van der Waals surface area contributed by atoms with Crippen LogP contribution in [0.2, 0.25) is 0 Å². The van der Waals surface area contributed by atoms with Crippen molar-refractivity contribution in [3.63, 3.8) is 0 Å². The van der Waals surface area contributed by atoms with Crippen LogP contribution in [0.5, 0.6) is 0 Å². The molecule has 1 aliphatic carbocycles. The predicted octanol–water partition coefficient (Wildman–Crippen LogP) is 3.14. The monoisotopic (exact) mass is 231 g/mol. The van der Waals surface area contributed by atoms with Gasteiger partial charge in [0.1, 0.15) is 0 Å². The van der Waals surface area contributed by atoms with Gasteiger partial charge in [0.15, 0.2) is 5.78 Å². The van der Waals surface area contributed by atoms with Gasteiger partial charge in [0.25, 0.3) is 0 Å². The molecular formula is C15H21NO. The average molecular weight is 231 g/mol. The summed E-state index contributed by atoms with van der Waals surface area (Å²) in [6.07, 6.45) is 4.41. The first-order valence-corrected chi connectivity index (χ1v) is 6.65. The molecule has 0 aromatic heterocycles. The summed E-state index contributed by atoms with van der Waals surface area (Å²) in [6.45, 7) is 3.78. The maximum Gasteiger partial charge on any atom is 0.164 e. The Morgan fingerprint density at radius 1 is 1.35 bits per heavy atom. The van der Waals surface area contributed by atoms with Gasteiger partial charge in [-0.25, -0.2) is 0 Å². The third kappa shape index (κ3) is 2.95. The molecule has 0 unspecified atom stereocenters. The molecule has 0 aliphatic heterocycles. The maximum absolute atomic E-state index is 12.1. The van der Waals surface area contributed by atoms with Gasteiger partial charge in [-0.2, -0.15) is 0 Å². The lowest BCUT2D eigenvalue weighted by Gasteiger charge is -2.27. The van der Waals surface area contributed by atoms with E-state index in [1.165, 1.54) is 24.8 Å². The zero-order chi connectivity index (χ0) is 12.1. The molecule has 2 heteroatoms. The number of ketones is 1. The van der Waals surface area contributed by atoms with E-state index in [9.17, 15) is 4.79 Å². The fourth-order valence-electron chi connectivity index (χ4n) is 2.34. The number of benzene rings is 1. The highest BCUT2D eigenvalue weighted by Gasteiger charge is 2.23. The topological polar surface area (TPSA) is 29.1 Å². The average Bonchev–Trinajstić information content (AvgIpc) is 2.28. The molecule has 1 saturated carbocycles. The predicted molar refractivity (Wildman–Crippen MR) is 70.5 cm³/mol. The first-order chi connectivity index (χ1) is 8.33. The minimum Gasteiger partial charge on any atom is -0.317 e. The second kappa shape index (κ2) is 5.97. The van der Waals surface area contributed by atoms with Crippen molar-refractivity contribution in [1.29, 1.82) is 0 Å². The second-order valence-electron chi connectivity index (χ2n) is 4.74. The lowest BCUT2D eigenvalue weighted by atomic mass is 9.77. The fraction of sp³-hybridized carbons (Fsp3) is 0.533. The summed E-state index contributed by atoms with van der Waals surface area (Å²) < 4.78 is 0. The molecule has 1 fully saturated rings. The smallest absolute Gasteiger partial charge is 0.164 e. The van der Waals surface area contributed by atoms with E-state index in [0.29, 0.717) is 12.3 Å². The summed E-state index contributed by atoms with van der Waals surface area (Å²) in [4.78, 5) is 12.1. The van der Waals surface area contributed by atoms with Crippen LogP contribution in [0.4, 0.5) is 0 Å². The van der Waals surface area contributed by atoms with E-state index in [-0.39, 0.29) is 5.78 Å². The van der Waals surface area contributed by atoms with Crippen molar-refractivity contribution in [1.82, 2.24) is 5.32 Å². The number of carbonyl (C=O) groups is 1. The van der Waals surface area contributed by atoms with Crippen LogP contribution in [0, 0.1) is 0 Å². The van der Waals surface area contributed by atoms with Gasteiger partial charge in [0, 0.05) is 18.5 Å². The van der Waals surface area contributed by atoms with E-state index in [1.54, 1.807) is 0 Å². The summed E-state index contributed by atoms with van der Waals surface area (Å²) in [6, 6.07) is 8.14. The highest BCUT2D eigenvalue weighted by atomic mass is 16.1. The van der Waals surface area contributed by atoms with Crippen LogP contribution >= 0.6 is 0 Å². The number of hydrogen-bond acceptors (Lipinski definition) is 2. The van der Waals surface area contributed by atoms with Crippen LogP contribution < -0.4 is 5.32 Å². The van der Waals surface area contributed by atoms with Crippen molar-refractivity contribution in [2.75, 3.05) is 13.1 Å². The largest absolute Gasteiger partial charge is 0.317 e. The van der Waals surface area contributed by atoms with Crippen molar-refractivity contribution in [2.45, 2.75) is 38.5 Å². The van der Waals surface area contributed by atoms with Gasteiger partial charge in [-0.15, -0.1) is 0 Å². The third-order valence-corrected chi connectivity index (χ3v) is 3.59. The van der Waals surface area contributed by atoms with Crippen molar-refractivity contribution in [2.24, 2.45) is 0 Å². The quantitative estimate of drug-likeness (QED) is 0.602. The van der Waals surface area contributed by atoms with Gasteiger partial charge in [0.05, 0.1) is 0 Å². The number of carbonyl (C=O) groups excluding carboxylic acids is 1. The summed E-state index contributed by atoms with van der Waals surface area (Å²) in [5.74, 6) is 0.919. The van der Waals surface area contributed by atoms with Crippen LogP contribution in [0.1, 0.15) is 54.4 Å². The summed E-state index contributed by atoms with van der Waals surface area (Å²) in [5, 5.41) is 3.20. The van der Waals surface area contributed by atoms with Crippen LogP contribution in [-0.2, 0) is 0 Å². The van der Waals surface area contributed by atoms with Crippen LogP contribution in [-0.4, -0.2) is 18.9 Å². The molecule has 0 atom stereocenters. The third-order valence-electron chi connectivity index (χ3n) is 3.59. The van der Waals surface area contributed by atoms with Crippen LogP contribution in [0.15, 0.2) is 24.3 Å². The lowest BCUT2D eigenvalue weighted by molar-refractivity contribution is 0.0981. The first-order valence-electron chi connectivity index (χ1n) is 6.65. The Morgan fingerprint density at radius 2 is 2.12 bits per heavy atom. The Bertz CT molecular complexity index is 382. The highest BCUT2D eigenvalue weighted by molar-refractivity contribution is 5.97.